The van der Waals surface area contributed by atoms with Gasteiger partial charge in [0.1, 0.15) is 6.10 Å². The van der Waals surface area contributed by atoms with E-state index in [2.05, 4.69) is 5.32 Å². The van der Waals surface area contributed by atoms with E-state index in [4.69, 9.17) is 14.2 Å². The van der Waals surface area contributed by atoms with Crippen LogP contribution in [-0.4, -0.2) is 38.0 Å². The first kappa shape index (κ1) is 17.0. The number of anilines is 1. The highest BCUT2D eigenvalue weighted by atomic mass is 16.7. The minimum Gasteiger partial charge on any atom is -0.454 e. The number of fused-ring (bicyclic) bond motifs is 1. The predicted octanol–water partition coefficient (Wildman–Crippen LogP) is 2.83. The second kappa shape index (κ2) is 7.43. The van der Waals surface area contributed by atoms with Gasteiger partial charge in [0.15, 0.2) is 11.5 Å². The molecule has 26 heavy (non-hydrogen) atoms. The van der Waals surface area contributed by atoms with E-state index >= 15 is 0 Å². The molecule has 2 aliphatic heterocycles. The standard InChI is InChI=1S/C19H24N2O5/c22-18(8-13-4-2-1-3-5-13)20-10-15-11-21(19(23)26-15)14-6-7-16-17(9-14)25-12-24-16/h6-7,9,13,15H,1-5,8,10-12H2,(H,20,22)/t15-/m1/s1. The molecule has 1 aromatic rings. The molecule has 0 aromatic heterocycles. The fourth-order valence-corrected chi connectivity index (χ4v) is 3.85. The number of ether oxygens (including phenoxy) is 3. The van der Waals surface area contributed by atoms with Crippen LogP contribution >= 0.6 is 0 Å². The summed E-state index contributed by atoms with van der Waals surface area (Å²) < 4.78 is 16.0. The number of nitrogens with zero attached hydrogens (tertiary/aromatic N) is 1. The van der Waals surface area contributed by atoms with Crippen molar-refractivity contribution in [1.29, 1.82) is 0 Å². The van der Waals surface area contributed by atoms with Gasteiger partial charge in [-0.3, -0.25) is 9.69 Å². The van der Waals surface area contributed by atoms with Crippen molar-refractivity contribution in [3.8, 4) is 11.5 Å². The van der Waals surface area contributed by atoms with Crippen LogP contribution in [0.15, 0.2) is 18.2 Å². The van der Waals surface area contributed by atoms with Gasteiger partial charge in [0, 0.05) is 12.5 Å². The summed E-state index contributed by atoms with van der Waals surface area (Å²) in [4.78, 5) is 25.9. The monoisotopic (exact) mass is 360 g/mol. The van der Waals surface area contributed by atoms with Gasteiger partial charge in [-0.1, -0.05) is 19.3 Å². The molecule has 1 saturated heterocycles. The van der Waals surface area contributed by atoms with Crippen LogP contribution in [0.5, 0.6) is 11.5 Å². The van der Waals surface area contributed by atoms with Crippen LogP contribution in [0.1, 0.15) is 38.5 Å². The zero-order valence-electron chi connectivity index (χ0n) is 14.7. The first-order valence-electron chi connectivity index (χ1n) is 9.33. The number of carbonyl (C=O) groups is 2. The van der Waals surface area contributed by atoms with Gasteiger partial charge in [-0.2, -0.15) is 0 Å². The van der Waals surface area contributed by atoms with Gasteiger partial charge in [-0.05, 0) is 30.9 Å². The number of nitrogens with one attached hydrogen (secondary N) is 1. The molecule has 7 nitrogen and oxygen atoms in total. The molecule has 0 bridgehead atoms. The lowest BCUT2D eigenvalue weighted by molar-refractivity contribution is -0.122. The Labute approximate surface area is 152 Å². The summed E-state index contributed by atoms with van der Waals surface area (Å²) in [6.45, 7) is 0.944. The number of benzene rings is 1. The molecule has 1 aromatic carbocycles. The van der Waals surface area contributed by atoms with E-state index in [1.165, 1.54) is 19.3 Å². The average molecular weight is 360 g/mol. The van der Waals surface area contributed by atoms with Crippen molar-refractivity contribution in [1.82, 2.24) is 5.32 Å². The van der Waals surface area contributed by atoms with Gasteiger partial charge in [-0.25, -0.2) is 4.79 Å². The molecule has 2 amide bonds. The van der Waals surface area contributed by atoms with Gasteiger partial charge in [0.25, 0.3) is 0 Å². The fraction of sp³-hybridized carbons (Fsp3) is 0.579. The Hall–Kier alpha value is -2.44. The largest absolute Gasteiger partial charge is 0.454 e. The van der Waals surface area contributed by atoms with Crippen molar-refractivity contribution in [3.05, 3.63) is 18.2 Å². The first-order chi connectivity index (χ1) is 12.7. The Morgan fingerprint density at radius 2 is 1.96 bits per heavy atom. The highest BCUT2D eigenvalue weighted by Gasteiger charge is 2.33. The van der Waals surface area contributed by atoms with Crippen LogP contribution in [0.3, 0.4) is 0 Å². The topological polar surface area (TPSA) is 77.1 Å². The Morgan fingerprint density at radius 3 is 2.81 bits per heavy atom. The van der Waals surface area contributed by atoms with Crippen molar-refractivity contribution in [2.45, 2.75) is 44.6 Å². The molecule has 140 valence electrons. The average Bonchev–Trinajstić information content (AvgIpc) is 3.26. The number of hydrogen-bond donors (Lipinski definition) is 1. The highest BCUT2D eigenvalue weighted by molar-refractivity contribution is 5.90. The van der Waals surface area contributed by atoms with Crippen molar-refractivity contribution in [2.24, 2.45) is 5.92 Å². The summed E-state index contributed by atoms with van der Waals surface area (Å²) in [6, 6.07) is 5.36. The van der Waals surface area contributed by atoms with E-state index in [-0.39, 0.29) is 18.8 Å². The number of cyclic esters (lactones) is 1. The van der Waals surface area contributed by atoms with Crippen LogP contribution in [-0.2, 0) is 9.53 Å². The van der Waals surface area contributed by atoms with E-state index in [1.807, 2.05) is 0 Å². The highest BCUT2D eigenvalue weighted by Crippen LogP contribution is 2.36. The molecule has 1 atom stereocenters. The van der Waals surface area contributed by atoms with Crippen LogP contribution in [0, 0.1) is 5.92 Å². The third-order valence-corrected chi connectivity index (χ3v) is 5.27. The van der Waals surface area contributed by atoms with Gasteiger partial charge in [-0.15, -0.1) is 0 Å². The third kappa shape index (κ3) is 3.71. The van der Waals surface area contributed by atoms with E-state index in [0.29, 0.717) is 42.6 Å². The second-order valence-electron chi connectivity index (χ2n) is 7.17. The fourth-order valence-electron chi connectivity index (χ4n) is 3.85. The summed E-state index contributed by atoms with van der Waals surface area (Å²) in [5.74, 6) is 1.85. The third-order valence-electron chi connectivity index (χ3n) is 5.27. The number of amides is 2. The molecule has 7 heteroatoms. The zero-order chi connectivity index (χ0) is 17.9. The lowest BCUT2D eigenvalue weighted by Gasteiger charge is -2.21. The Morgan fingerprint density at radius 1 is 1.15 bits per heavy atom. The SMILES string of the molecule is O=C(CC1CCCCC1)NC[C@@H]1CN(c2ccc3c(c2)OCO3)C(=O)O1. The molecule has 2 heterocycles. The molecule has 2 fully saturated rings. The van der Waals surface area contributed by atoms with Gasteiger partial charge >= 0.3 is 6.09 Å². The Bertz CT molecular complexity index is 687. The minimum atomic E-state index is -0.407. The molecule has 0 unspecified atom stereocenters. The number of rotatable bonds is 5. The van der Waals surface area contributed by atoms with E-state index in [9.17, 15) is 9.59 Å². The van der Waals surface area contributed by atoms with Crippen LogP contribution < -0.4 is 19.7 Å². The Kier molecular flexibility index (Phi) is 4.86. The maximum atomic E-state index is 12.2. The summed E-state index contributed by atoms with van der Waals surface area (Å²) in [5.41, 5.74) is 0.704. The van der Waals surface area contributed by atoms with Crippen LogP contribution in [0.25, 0.3) is 0 Å². The molecular formula is C19H24N2O5. The number of carbonyl (C=O) groups excluding carboxylic acids is 2. The molecular weight excluding hydrogens is 336 g/mol. The maximum absolute atomic E-state index is 12.2. The summed E-state index contributed by atoms with van der Waals surface area (Å²) in [6.07, 6.45) is 5.84. The summed E-state index contributed by atoms with van der Waals surface area (Å²) in [5, 5.41) is 2.92. The zero-order valence-corrected chi connectivity index (χ0v) is 14.7. The van der Waals surface area contributed by atoms with Gasteiger partial charge in [0.2, 0.25) is 12.7 Å². The number of hydrogen-bond acceptors (Lipinski definition) is 5. The normalized spacial score (nSPS) is 22.4. The lowest BCUT2D eigenvalue weighted by atomic mass is 9.87. The smallest absolute Gasteiger partial charge is 0.414 e. The minimum absolute atomic E-state index is 0.0504. The molecule has 1 aliphatic carbocycles. The second-order valence-corrected chi connectivity index (χ2v) is 7.17. The summed E-state index contributed by atoms with van der Waals surface area (Å²) >= 11 is 0. The molecule has 0 spiro atoms. The van der Waals surface area contributed by atoms with Crippen LogP contribution in [0.2, 0.25) is 0 Å². The van der Waals surface area contributed by atoms with Gasteiger partial charge < -0.3 is 19.5 Å². The van der Waals surface area contributed by atoms with Crippen molar-refractivity contribution < 1.29 is 23.8 Å². The van der Waals surface area contributed by atoms with Crippen LogP contribution in [0.4, 0.5) is 10.5 Å². The van der Waals surface area contributed by atoms with Crippen molar-refractivity contribution in [2.75, 3.05) is 24.8 Å². The molecule has 0 radical (unpaired) electrons. The molecule has 3 aliphatic rings. The maximum Gasteiger partial charge on any atom is 0.414 e. The Balaban J connectivity index is 1.28. The molecule has 1 N–H and O–H groups in total. The quantitative estimate of drug-likeness (QED) is 0.874. The van der Waals surface area contributed by atoms with E-state index < -0.39 is 6.09 Å². The lowest BCUT2D eigenvalue weighted by Crippen LogP contribution is -2.35. The van der Waals surface area contributed by atoms with Crippen molar-refractivity contribution >= 4 is 17.7 Å². The summed E-state index contributed by atoms with van der Waals surface area (Å²) in [7, 11) is 0. The van der Waals surface area contributed by atoms with Gasteiger partial charge in [0.05, 0.1) is 18.8 Å². The molecule has 1 saturated carbocycles. The van der Waals surface area contributed by atoms with Crippen molar-refractivity contribution in [3.63, 3.8) is 0 Å². The predicted molar refractivity (Wildman–Crippen MR) is 94.4 cm³/mol. The van der Waals surface area contributed by atoms with E-state index in [1.54, 1.807) is 23.1 Å². The first-order valence-corrected chi connectivity index (χ1v) is 9.33. The van der Waals surface area contributed by atoms with E-state index in [0.717, 1.165) is 12.8 Å². The molecule has 4 rings (SSSR count).